The van der Waals surface area contributed by atoms with Gasteiger partial charge in [0.25, 0.3) is 0 Å². The maximum Gasteiger partial charge on any atom is 0.119 e. The van der Waals surface area contributed by atoms with Crippen molar-refractivity contribution in [3.63, 3.8) is 0 Å². The fraction of sp³-hybridized carbons (Fsp3) is 0.400. The van der Waals surface area contributed by atoms with Crippen LogP contribution in [0.3, 0.4) is 0 Å². The average Bonchev–Trinajstić information content (AvgIpc) is 2.26. The lowest BCUT2D eigenvalue weighted by atomic mass is 10.3. The Balaban J connectivity index is 2.43. The van der Waals surface area contributed by atoms with E-state index < -0.39 is 6.10 Å². The van der Waals surface area contributed by atoms with E-state index in [2.05, 4.69) is 15.9 Å². The van der Waals surface area contributed by atoms with Gasteiger partial charge in [-0.05, 0) is 30.5 Å². The van der Waals surface area contributed by atoms with Gasteiger partial charge < -0.3 is 9.84 Å². The summed E-state index contributed by atoms with van der Waals surface area (Å²) < 4.78 is 5.37. The Hall–Kier alpha value is -0.190. The monoisotopic (exact) mass is 276 g/mol. The van der Waals surface area contributed by atoms with Crippen molar-refractivity contribution in [3.8, 4) is 5.75 Å². The van der Waals surface area contributed by atoms with Gasteiger partial charge in [0, 0.05) is 10.2 Å². The smallest absolute Gasteiger partial charge is 0.119 e. The van der Waals surface area contributed by atoms with Gasteiger partial charge in [0.05, 0.1) is 6.10 Å². The van der Waals surface area contributed by atoms with Crippen LogP contribution >= 0.6 is 27.7 Å². The van der Waals surface area contributed by atoms with Crippen molar-refractivity contribution < 1.29 is 9.84 Å². The van der Waals surface area contributed by atoms with Crippen LogP contribution in [0.25, 0.3) is 0 Å². The summed E-state index contributed by atoms with van der Waals surface area (Å²) >= 11 is 4.87. The third-order valence-electron chi connectivity index (χ3n) is 1.68. The van der Waals surface area contributed by atoms with E-state index in [1.807, 2.05) is 30.5 Å². The predicted octanol–water partition coefficient (Wildman–Crippen LogP) is 2.54. The molecular weight excluding hydrogens is 264 g/mol. The molecule has 1 atom stereocenters. The highest BCUT2D eigenvalue weighted by atomic mass is 79.9. The highest BCUT2D eigenvalue weighted by Crippen LogP contribution is 2.18. The fourth-order valence-corrected chi connectivity index (χ4v) is 1.50. The molecule has 0 aliphatic rings. The molecule has 0 saturated carbocycles. The summed E-state index contributed by atoms with van der Waals surface area (Å²) in [5.41, 5.74) is 0. The first-order valence-electron chi connectivity index (χ1n) is 4.27. The lowest BCUT2D eigenvalue weighted by molar-refractivity contribution is 0.127. The molecule has 2 nitrogen and oxygen atoms in total. The Labute approximate surface area is 96.8 Å². The van der Waals surface area contributed by atoms with Crippen molar-refractivity contribution in [1.82, 2.24) is 0 Å². The van der Waals surface area contributed by atoms with Crippen LogP contribution in [0.4, 0.5) is 0 Å². The zero-order valence-electron chi connectivity index (χ0n) is 7.94. The second-order valence-electron chi connectivity index (χ2n) is 2.79. The van der Waals surface area contributed by atoms with Crippen LogP contribution in [0.15, 0.2) is 29.2 Å². The van der Waals surface area contributed by atoms with Crippen molar-refractivity contribution in [2.24, 2.45) is 0 Å². The standard InChI is InChI=1S/C10H13BrO2S/c1-14-10-4-2-9(3-5-10)13-7-8(12)6-11/h2-5,8,12H,6-7H2,1H3. The second kappa shape index (κ2) is 6.32. The Morgan fingerprint density at radius 1 is 1.43 bits per heavy atom. The van der Waals surface area contributed by atoms with Gasteiger partial charge in [-0.3, -0.25) is 0 Å². The highest BCUT2D eigenvalue weighted by Gasteiger charge is 2.02. The van der Waals surface area contributed by atoms with Crippen molar-refractivity contribution in [1.29, 1.82) is 0 Å². The van der Waals surface area contributed by atoms with Crippen molar-refractivity contribution in [3.05, 3.63) is 24.3 Å². The largest absolute Gasteiger partial charge is 0.491 e. The molecule has 0 amide bonds. The number of thioether (sulfide) groups is 1. The summed E-state index contributed by atoms with van der Waals surface area (Å²) in [7, 11) is 0. The topological polar surface area (TPSA) is 29.5 Å². The summed E-state index contributed by atoms with van der Waals surface area (Å²) in [6, 6.07) is 7.82. The zero-order chi connectivity index (χ0) is 10.4. The predicted molar refractivity (Wildman–Crippen MR) is 63.5 cm³/mol. The highest BCUT2D eigenvalue weighted by molar-refractivity contribution is 9.09. The molecule has 0 saturated heterocycles. The number of ether oxygens (including phenoxy) is 1. The molecule has 0 aromatic heterocycles. The van der Waals surface area contributed by atoms with E-state index in [9.17, 15) is 5.11 Å². The molecule has 1 rings (SSSR count). The van der Waals surface area contributed by atoms with E-state index in [0.29, 0.717) is 11.9 Å². The minimum Gasteiger partial charge on any atom is -0.491 e. The number of aliphatic hydroxyl groups is 1. The van der Waals surface area contributed by atoms with Gasteiger partial charge in [-0.1, -0.05) is 15.9 Å². The van der Waals surface area contributed by atoms with E-state index in [0.717, 1.165) is 5.75 Å². The maximum absolute atomic E-state index is 9.24. The number of aliphatic hydroxyl groups excluding tert-OH is 1. The number of alkyl halides is 1. The van der Waals surface area contributed by atoms with E-state index in [-0.39, 0.29) is 0 Å². The van der Waals surface area contributed by atoms with Crippen molar-refractivity contribution >= 4 is 27.7 Å². The Morgan fingerprint density at radius 3 is 2.57 bits per heavy atom. The van der Waals surface area contributed by atoms with Gasteiger partial charge in [0.2, 0.25) is 0 Å². The Bertz CT molecular complexity index is 263. The molecule has 1 aromatic rings. The first-order chi connectivity index (χ1) is 6.76. The van der Waals surface area contributed by atoms with Gasteiger partial charge >= 0.3 is 0 Å². The molecular formula is C10H13BrO2S. The summed E-state index contributed by atoms with van der Waals surface area (Å²) in [6.07, 6.45) is 1.58. The van der Waals surface area contributed by atoms with Crippen molar-refractivity contribution in [2.75, 3.05) is 18.2 Å². The Kier molecular flexibility index (Phi) is 5.37. The maximum atomic E-state index is 9.24. The average molecular weight is 277 g/mol. The minimum absolute atomic E-state index is 0.323. The molecule has 0 fully saturated rings. The van der Waals surface area contributed by atoms with Crippen molar-refractivity contribution in [2.45, 2.75) is 11.0 Å². The minimum atomic E-state index is -0.449. The second-order valence-corrected chi connectivity index (χ2v) is 4.32. The van der Waals surface area contributed by atoms with Gasteiger partial charge in [0.1, 0.15) is 12.4 Å². The van der Waals surface area contributed by atoms with E-state index in [1.165, 1.54) is 4.90 Å². The summed E-state index contributed by atoms with van der Waals surface area (Å²) in [4.78, 5) is 1.21. The normalized spacial score (nSPS) is 12.5. The van der Waals surface area contributed by atoms with E-state index in [4.69, 9.17) is 4.74 Å². The summed E-state index contributed by atoms with van der Waals surface area (Å²) in [5, 5.41) is 9.78. The number of hydrogen-bond donors (Lipinski definition) is 1. The molecule has 0 aliphatic heterocycles. The lowest BCUT2D eigenvalue weighted by Gasteiger charge is -2.09. The molecule has 0 aliphatic carbocycles. The number of hydrogen-bond acceptors (Lipinski definition) is 3. The first-order valence-corrected chi connectivity index (χ1v) is 6.61. The van der Waals surface area contributed by atoms with Crippen LogP contribution < -0.4 is 4.74 Å². The van der Waals surface area contributed by atoms with Crippen LogP contribution in [-0.2, 0) is 0 Å². The van der Waals surface area contributed by atoms with Crippen LogP contribution in [0.2, 0.25) is 0 Å². The lowest BCUT2D eigenvalue weighted by Crippen LogP contribution is -2.18. The van der Waals surface area contributed by atoms with Crippen LogP contribution in [0.5, 0.6) is 5.75 Å². The molecule has 4 heteroatoms. The third-order valence-corrected chi connectivity index (χ3v) is 3.17. The molecule has 1 unspecified atom stereocenters. The quantitative estimate of drug-likeness (QED) is 0.662. The SMILES string of the molecule is CSc1ccc(OCC(O)CBr)cc1. The van der Waals surface area contributed by atoms with Crippen LogP contribution in [0.1, 0.15) is 0 Å². The molecule has 1 N–H and O–H groups in total. The van der Waals surface area contributed by atoms with Gasteiger partial charge in [-0.25, -0.2) is 0 Å². The number of benzene rings is 1. The molecule has 78 valence electrons. The molecule has 0 bridgehead atoms. The molecule has 0 spiro atoms. The molecule has 1 aromatic carbocycles. The number of halogens is 1. The van der Waals surface area contributed by atoms with Gasteiger partial charge in [-0.15, -0.1) is 11.8 Å². The Morgan fingerprint density at radius 2 is 2.07 bits per heavy atom. The molecule has 14 heavy (non-hydrogen) atoms. The number of rotatable bonds is 5. The zero-order valence-corrected chi connectivity index (χ0v) is 10.3. The first kappa shape index (κ1) is 11.9. The summed E-state index contributed by atoms with van der Waals surface area (Å²) in [5.74, 6) is 0.794. The third kappa shape index (κ3) is 3.90. The van der Waals surface area contributed by atoms with E-state index >= 15 is 0 Å². The van der Waals surface area contributed by atoms with Gasteiger partial charge in [-0.2, -0.15) is 0 Å². The van der Waals surface area contributed by atoms with E-state index in [1.54, 1.807) is 11.8 Å². The fourth-order valence-electron chi connectivity index (χ4n) is 0.909. The molecule has 0 heterocycles. The summed E-state index contributed by atoms with van der Waals surface area (Å²) in [6.45, 7) is 0.323. The van der Waals surface area contributed by atoms with Crippen LogP contribution in [0, 0.1) is 0 Å². The van der Waals surface area contributed by atoms with Crippen LogP contribution in [-0.4, -0.2) is 29.4 Å². The molecule has 0 radical (unpaired) electrons. The van der Waals surface area contributed by atoms with Gasteiger partial charge in [0.15, 0.2) is 0 Å².